The molecule has 0 aliphatic carbocycles. The molecule has 2 N–H and O–H groups in total. The third kappa shape index (κ3) is 3.98. The molecule has 0 aliphatic rings. The van der Waals surface area contributed by atoms with Gasteiger partial charge >= 0.3 is 6.18 Å². The molecule has 1 nitrogen and oxygen atoms in total. The highest BCUT2D eigenvalue weighted by Crippen LogP contribution is 2.29. The Labute approximate surface area is 97.0 Å². The second-order valence-electron chi connectivity index (χ2n) is 3.20. The van der Waals surface area contributed by atoms with Crippen LogP contribution in [0.15, 0.2) is 24.3 Å². The van der Waals surface area contributed by atoms with Crippen molar-refractivity contribution in [1.29, 1.82) is 0 Å². The third-order valence-corrected chi connectivity index (χ3v) is 2.09. The van der Waals surface area contributed by atoms with Crippen molar-refractivity contribution in [3.8, 4) is 0 Å². The summed E-state index contributed by atoms with van der Waals surface area (Å²) < 4.78 is 48.5. The maximum absolute atomic E-state index is 12.2. The van der Waals surface area contributed by atoms with Crippen LogP contribution in [0.4, 0.5) is 17.6 Å². The molecule has 0 saturated heterocycles. The van der Waals surface area contributed by atoms with Crippen molar-refractivity contribution in [3.63, 3.8) is 0 Å². The van der Waals surface area contributed by atoms with Gasteiger partial charge in [0.15, 0.2) is 0 Å². The van der Waals surface area contributed by atoms with E-state index in [1.807, 2.05) is 0 Å². The summed E-state index contributed by atoms with van der Waals surface area (Å²) >= 11 is 0. The van der Waals surface area contributed by atoms with E-state index in [4.69, 9.17) is 5.73 Å². The highest BCUT2D eigenvalue weighted by molar-refractivity contribution is 5.85. The molecule has 0 aliphatic heterocycles. The van der Waals surface area contributed by atoms with Crippen LogP contribution >= 0.6 is 12.4 Å². The second kappa shape index (κ2) is 6.06. The van der Waals surface area contributed by atoms with Gasteiger partial charge in [-0.25, -0.2) is 0 Å². The summed E-state index contributed by atoms with van der Waals surface area (Å²) in [6.45, 7) is -0.581. The van der Waals surface area contributed by atoms with Crippen molar-refractivity contribution in [2.24, 2.45) is 5.73 Å². The minimum Gasteiger partial charge on any atom is -0.324 e. The van der Waals surface area contributed by atoms with E-state index in [2.05, 4.69) is 0 Å². The first-order chi connectivity index (χ1) is 6.95. The molecule has 6 heteroatoms. The van der Waals surface area contributed by atoms with Crippen LogP contribution in [0.2, 0.25) is 0 Å². The number of hydrogen-bond donors (Lipinski definition) is 1. The van der Waals surface area contributed by atoms with E-state index < -0.39 is 24.5 Å². The highest BCUT2D eigenvalue weighted by atomic mass is 35.5. The molecule has 92 valence electrons. The van der Waals surface area contributed by atoms with Crippen molar-refractivity contribution in [3.05, 3.63) is 35.4 Å². The fourth-order valence-electron chi connectivity index (χ4n) is 1.20. The van der Waals surface area contributed by atoms with E-state index in [1.165, 1.54) is 12.1 Å². The van der Waals surface area contributed by atoms with Crippen LogP contribution in [0.3, 0.4) is 0 Å². The van der Waals surface area contributed by atoms with Gasteiger partial charge in [-0.2, -0.15) is 13.2 Å². The van der Waals surface area contributed by atoms with E-state index in [9.17, 15) is 17.6 Å². The Kier molecular flexibility index (Phi) is 5.75. The smallest absolute Gasteiger partial charge is 0.324 e. The van der Waals surface area contributed by atoms with Crippen molar-refractivity contribution in [1.82, 2.24) is 0 Å². The fraction of sp³-hybridized carbons (Fsp3) is 0.400. The van der Waals surface area contributed by atoms with Crippen LogP contribution in [0, 0.1) is 0 Å². The monoisotopic (exact) mass is 257 g/mol. The molecular formula is C10H12ClF4N. The van der Waals surface area contributed by atoms with Crippen LogP contribution in [-0.4, -0.2) is 6.67 Å². The Morgan fingerprint density at radius 1 is 1.12 bits per heavy atom. The first-order valence-corrected chi connectivity index (χ1v) is 4.44. The van der Waals surface area contributed by atoms with E-state index in [0.717, 1.165) is 12.1 Å². The number of hydrogen-bond acceptors (Lipinski definition) is 1. The lowest BCUT2D eigenvalue weighted by atomic mass is 10.0. The molecule has 1 rings (SSSR count). The molecule has 0 amide bonds. The predicted molar refractivity (Wildman–Crippen MR) is 56.2 cm³/mol. The topological polar surface area (TPSA) is 26.0 Å². The summed E-state index contributed by atoms with van der Waals surface area (Å²) in [6, 6.07) is 3.92. The van der Waals surface area contributed by atoms with Crippen LogP contribution in [0.25, 0.3) is 0 Å². The number of halogens is 5. The minimum absolute atomic E-state index is 0. The van der Waals surface area contributed by atoms with Gasteiger partial charge < -0.3 is 5.73 Å². The molecule has 0 aromatic heterocycles. The van der Waals surface area contributed by atoms with Crippen molar-refractivity contribution in [2.45, 2.75) is 18.6 Å². The summed E-state index contributed by atoms with van der Waals surface area (Å²) in [5, 5.41) is 0. The van der Waals surface area contributed by atoms with Gasteiger partial charge in [0.2, 0.25) is 0 Å². The average molecular weight is 258 g/mol. The quantitative estimate of drug-likeness (QED) is 0.824. The number of nitrogens with two attached hydrogens (primary N) is 1. The van der Waals surface area contributed by atoms with E-state index >= 15 is 0 Å². The average Bonchev–Trinajstić information content (AvgIpc) is 2.17. The third-order valence-electron chi connectivity index (χ3n) is 2.09. The summed E-state index contributed by atoms with van der Waals surface area (Å²) in [5.74, 6) is 0. The first-order valence-electron chi connectivity index (χ1n) is 4.44. The van der Waals surface area contributed by atoms with Gasteiger partial charge in [0.1, 0.15) is 0 Å². The molecule has 0 radical (unpaired) electrons. The molecule has 0 bridgehead atoms. The number of alkyl halides is 4. The minimum atomic E-state index is -4.34. The molecule has 0 unspecified atom stereocenters. The first kappa shape index (κ1) is 15.2. The molecule has 1 aromatic rings. The van der Waals surface area contributed by atoms with Gasteiger partial charge in [-0.05, 0) is 24.1 Å². The zero-order chi connectivity index (χ0) is 11.5. The van der Waals surface area contributed by atoms with Crippen LogP contribution in [-0.2, 0) is 6.18 Å². The zero-order valence-corrected chi connectivity index (χ0v) is 9.11. The summed E-state index contributed by atoms with van der Waals surface area (Å²) in [5.41, 5.74) is 5.33. The predicted octanol–water partition coefficient (Wildman–Crippen LogP) is 3.49. The van der Waals surface area contributed by atoms with Gasteiger partial charge in [0, 0.05) is 6.04 Å². The molecule has 1 aromatic carbocycles. The SMILES string of the molecule is Cl.N[C@H](CCF)c1ccc(C(F)(F)F)cc1. The van der Waals surface area contributed by atoms with Gasteiger partial charge in [-0.15, -0.1) is 12.4 Å². The molecule has 0 heterocycles. The molecular weight excluding hydrogens is 246 g/mol. The lowest BCUT2D eigenvalue weighted by Crippen LogP contribution is -2.12. The molecule has 16 heavy (non-hydrogen) atoms. The summed E-state index contributed by atoms with van der Waals surface area (Å²) in [4.78, 5) is 0. The molecule has 1 atom stereocenters. The molecule has 0 saturated carbocycles. The van der Waals surface area contributed by atoms with Gasteiger partial charge in [-0.3, -0.25) is 4.39 Å². The molecule has 0 fully saturated rings. The maximum Gasteiger partial charge on any atom is 0.416 e. The Morgan fingerprint density at radius 3 is 2.00 bits per heavy atom. The lowest BCUT2D eigenvalue weighted by molar-refractivity contribution is -0.137. The van der Waals surface area contributed by atoms with Crippen molar-refractivity contribution >= 4 is 12.4 Å². The zero-order valence-electron chi connectivity index (χ0n) is 8.30. The van der Waals surface area contributed by atoms with E-state index in [-0.39, 0.29) is 18.8 Å². The largest absolute Gasteiger partial charge is 0.416 e. The van der Waals surface area contributed by atoms with Gasteiger partial charge in [0.05, 0.1) is 12.2 Å². The summed E-state index contributed by atoms with van der Waals surface area (Å²) in [6.07, 6.45) is -4.23. The van der Waals surface area contributed by atoms with Crippen LogP contribution in [0.5, 0.6) is 0 Å². The second-order valence-corrected chi connectivity index (χ2v) is 3.20. The van der Waals surface area contributed by atoms with E-state index in [1.54, 1.807) is 0 Å². The van der Waals surface area contributed by atoms with Gasteiger partial charge in [0.25, 0.3) is 0 Å². The molecule has 0 spiro atoms. The fourth-order valence-corrected chi connectivity index (χ4v) is 1.20. The Morgan fingerprint density at radius 2 is 1.62 bits per heavy atom. The van der Waals surface area contributed by atoms with Crippen LogP contribution < -0.4 is 5.73 Å². The Bertz CT molecular complexity index is 310. The van der Waals surface area contributed by atoms with Crippen molar-refractivity contribution < 1.29 is 17.6 Å². The highest BCUT2D eigenvalue weighted by Gasteiger charge is 2.30. The number of rotatable bonds is 3. The van der Waals surface area contributed by atoms with Crippen molar-refractivity contribution in [2.75, 3.05) is 6.67 Å². The Balaban J connectivity index is 0.00000225. The maximum atomic E-state index is 12.2. The number of benzene rings is 1. The van der Waals surface area contributed by atoms with Crippen LogP contribution in [0.1, 0.15) is 23.6 Å². The standard InChI is InChI=1S/C10H11F4N.ClH/c11-6-5-9(15)7-1-3-8(4-2-7)10(12,13)14;/h1-4,9H,5-6,15H2;1H/t9-;/m1./s1. The summed E-state index contributed by atoms with van der Waals surface area (Å²) in [7, 11) is 0. The van der Waals surface area contributed by atoms with E-state index in [0.29, 0.717) is 5.56 Å². The van der Waals surface area contributed by atoms with Gasteiger partial charge in [-0.1, -0.05) is 12.1 Å². The Hall–Kier alpha value is -0.810. The lowest BCUT2D eigenvalue weighted by Gasteiger charge is -2.11. The normalized spacial score (nSPS) is 13.1.